The smallest absolute Gasteiger partial charge is 0.127 e. The molecule has 1 saturated carbocycles. The molecule has 1 aromatic carbocycles. The summed E-state index contributed by atoms with van der Waals surface area (Å²) < 4.78 is 5.53. The van der Waals surface area contributed by atoms with Gasteiger partial charge in [0, 0.05) is 49.7 Å². The van der Waals surface area contributed by atoms with Crippen molar-refractivity contribution < 1.29 is 9.84 Å². The highest BCUT2D eigenvalue weighted by molar-refractivity contribution is 5.40. The van der Waals surface area contributed by atoms with E-state index in [1.807, 2.05) is 24.5 Å². The first kappa shape index (κ1) is 21.1. The second kappa shape index (κ2) is 10.3. The molecular formula is C25H35N3O2. The zero-order chi connectivity index (χ0) is 20.8. The molecule has 0 radical (unpaired) electrons. The van der Waals surface area contributed by atoms with Gasteiger partial charge in [0.25, 0.3) is 0 Å². The maximum atomic E-state index is 9.81. The molecule has 2 aliphatic rings. The zero-order valence-electron chi connectivity index (χ0n) is 18.2. The van der Waals surface area contributed by atoms with E-state index < -0.39 is 0 Å². The molecule has 0 amide bonds. The molecule has 0 unspecified atom stereocenters. The number of hydrogen-bond donors (Lipinski definition) is 1. The summed E-state index contributed by atoms with van der Waals surface area (Å²) in [7, 11) is 1.67. The molecule has 1 aromatic heterocycles. The van der Waals surface area contributed by atoms with Gasteiger partial charge >= 0.3 is 0 Å². The second-order valence-electron chi connectivity index (χ2n) is 8.94. The van der Waals surface area contributed by atoms with Gasteiger partial charge in [0.2, 0.25) is 0 Å². The molecule has 1 aliphatic carbocycles. The molecule has 0 bridgehead atoms. The largest absolute Gasteiger partial charge is 0.508 e. The Balaban J connectivity index is 1.41. The Bertz CT molecular complexity index is 784. The van der Waals surface area contributed by atoms with Crippen molar-refractivity contribution in [3.8, 4) is 11.5 Å². The van der Waals surface area contributed by atoms with Gasteiger partial charge < -0.3 is 14.7 Å². The maximum Gasteiger partial charge on any atom is 0.127 e. The molecule has 0 atom stereocenters. The number of hydrogen-bond acceptors (Lipinski definition) is 5. The number of likely N-dealkylation sites (tertiary alicyclic amines) is 1. The quantitative estimate of drug-likeness (QED) is 0.698. The first-order chi connectivity index (χ1) is 14.7. The van der Waals surface area contributed by atoms with E-state index in [9.17, 15) is 5.11 Å². The Morgan fingerprint density at radius 2 is 1.90 bits per heavy atom. The van der Waals surface area contributed by atoms with Gasteiger partial charge in [0.15, 0.2) is 0 Å². The zero-order valence-corrected chi connectivity index (χ0v) is 18.2. The fourth-order valence-corrected chi connectivity index (χ4v) is 5.17. The third-order valence-corrected chi connectivity index (χ3v) is 6.80. The number of phenolic OH excluding ortho intramolecular Hbond substituents is 1. The normalized spacial score (nSPS) is 18.9. The van der Waals surface area contributed by atoms with Crippen LogP contribution in [0.2, 0.25) is 0 Å². The van der Waals surface area contributed by atoms with Crippen LogP contribution in [-0.2, 0) is 13.1 Å². The molecule has 162 valence electrons. The van der Waals surface area contributed by atoms with Crippen molar-refractivity contribution in [2.24, 2.45) is 5.92 Å². The molecule has 1 saturated heterocycles. The number of pyridine rings is 1. The van der Waals surface area contributed by atoms with Crippen LogP contribution in [-0.4, -0.2) is 52.7 Å². The van der Waals surface area contributed by atoms with Crippen LogP contribution in [0.1, 0.15) is 49.7 Å². The number of benzene rings is 1. The molecular weight excluding hydrogens is 374 g/mol. The fourth-order valence-electron chi connectivity index (χ4n) is 5.17. The van der Waals surface area contributed by atoms with Gasteiger partial charge in [0.05, 0.1) is 7.11 Å². The Kier molecular flexibility index (Phi) is 7.24. The van der Waals surface area contributed by atoms with Crippen LogP contribution in [0.25, 0.3) is 0 Å². The monoisotopic (exact) mass is 409 g/mol. The van der Waals surface area contributed by atoms with Gasteiger partial charge in [-0.3, -0.25) is 9.88 Å². The summed E-state index contributed by atoms with van der Waals surface area (Å²) in [5.74, 6) is 1.72. The van der Waals surface area contributed by atoms with Crippen LogP contribution in [0.4, 0.5) is 0 Å². The molecule has 1 N–H and O–H groups in total. The highest BCUT2D eigenvalue weighted by atomic mass is 16.5. The SMILES string of the molecule is COc1cc(O)ccc1CN(Cc1cccnc1)CC1CCN(C2CCCC2)CC1. The van der Waals surface area contributed by atoms with Crippen molar-refractivity contribution in [3.05, 3.63) is 53.9 Å². The van der Waals surface area contributed by atoms with Crippen molar-refractivity contribution >= 4 is 0 Å². The molecule has 5 heteroatoms. The predicted octanol–water partition coefficient (Wildman–Crippen LogP) is 4.45. The van der Waals surface area contributed by atoms with Gasteiger partial charge in [-0.1, -0.05) is 25.0 Å². The summed E-state index contributed by atoms with van der Waals surface area (Å²) in [6.45, 7) is 5.26. The summed E-state index contributed by atoms with van der Waals surface area (Å²) in [6.07, 6.45) is 12.0. The Hall–Kier alpha value is -2.11. The number of nitrogens with zero attached hydrogens (tertiary/aromatic N) is 3. The first-order valence-corrected chi connectivity index (χ1v) is 11.4. The number of ether oxygens (including phenoxy) is 1. The van der Waals surface area contributed by atoms with Crippen molar-refractivity contribution in [1.29, 1.82) is 0 Å². The standard InChI is InChI=1S/C25H35N3O2/c1-30-25-15-24(29)9-8-22(25)19-27(18-21-5-4-12-26-16-21)17-20-10-13-28(14-11-20)23-6-2-3-7-23/h4-5,8-9,12,15-16,20,23,29H,2-3,6-7,10-11,13-14,17-19H2,1H3. The van der Waals surface area contributed by atoms with E-state index in [0.29, 0.717) is 0 Å². The average Bonchev–Trinajstić information content (AvgIpc) is 3.31. The summed E-state index contributed by atoms with van der Waals surface area (Å²) in [5.41, 5.74) is 2.35. The average molecular weight is 410 g/mol. The highest BCUT2D eigenvalue weighted by Crippen LogP contribution is 2.30. The molecule has 1 aliphatic heterocycles. The van der Waals surface area contributed by atoms with Crippen molar-refractivity contribution in [3.63, 3.8) is 0 Å². The van der Waals surface area contributed by atoms with Crippen LogP contribution in [0.5, 0.6) is 11.5 Å². The minimum absolute atomic E-state index is 0.244. The van der Waals surface area contributed by atoms with Crippen LogP contribution in [0.15, 0.2) is 42.7 Å². The molecule has 2 aromatic rings. The van der Waals surface area contributed by atoms with Crippen LogP contribution < -0.4 is 4.74 Å². The van der Waals surface area contributed by atoms with Crippen LogP contribution in [0, 0.1) is 5.92 Å². The van der Waals surface area contributed by atoms with E-state index in [0.717, 1.165) is 42.9 Å². The van der Waals surface area contributed by atoms with E-state index in [4.69, 9.17) is 4.74 Å². The maximum absolute atomic E-state index is 9.81. The van der Waals surface area contributed by atoms with E-state index in [2.05, 4.69) is 20.9 Å². The van der Waals surface area contributed by atoms with E-state index in [-0.39, 0.29) is 5.75 Å². The van der Waals surface area contributed by atoms with Crippen LogP contribution in [0.3, 0.4) is 0 Å². The molecule has 0 spiro atoms. The number of aromatic nitrogens is 1. The molecule has 2 heterocycles. The van der Waals surface area contributed by atoms with Crippen molar-refractivity contribution in [2.75, 3.05) is 26.7 Å². The second-order valence-corrected chi connectivity index (χ2v) is 8.94. The van der Waals surface area contributed by atoms with E-state index >= 15 is 0 Å². The van der Waals surface area contributed by atoms with E-state index in [1.165, 1.54) is 57.2 Å². The minimum Gasteiger partial charge on any atom is -0.508 e. The fraction of sp³-hybridized carbons (Fsp3) is 0.560. The molecule has 5 nitrogen and oxygen atoms in total. The minimum atomic E-state index is 0.244. The van der Waals surface area contributed by atoms with Crippen molar-refractivity contribution in [1.82, 2.24) is 14.8 Å². The van der Waals surface area contributed by atoms with Crippen LogP contribution >= 0.6 is 0 Å². The van der Waals surface area contributed by atoms with E-state index in [1.54, 1.807) is 19.2 Å². The molecule has 4 rings (SSSR count). The third kappa shape index (κ3) is 5.52. The summed E-state index contributed by atoms with van der Waals surface area (Å²) in [6, 6.07) is 10.4. The number of phenols is 1. The van der Waals surface area contributed by atoms with Gasteiger partial charge in [-0.25, -0.2) is 0 Å². The first-order valence-electron chi connectivity index (χ1n) is 11.4. The number of aromatic hydroxyl groups is 1. The van der Waals surface area contributed by atoms with Gasteiger partial charge in [-0.05, 0) is 62.4 Å². The number of piperidine rings is 1. The third-order valence-electron chi connectivity index (χ3n) is 6.80. The Morgan fingerprint density at radius 3 is 2.60 bits per heavy atom. The number of rotatable bonds is 8. The topological polar surface area (TPSA) is 48.8 Å². The number of methoxy groups -OCH3 is 1. The predicted molar refractivity (Wildman–Crippen MR) is 120 cm³/mol. The Labute approximate surface area is 180 Å². The van der Waals surface area contributed by atoms with Gasteiger partial charge in [-0.2, -0.15) is 0 Å². The van der Waals surface area contributed by atoms with Gasteiger partial charge in [0.1, 0.15) is 11.5 Å². The lowest BCUT2D eigenvalue weighted by Crippen LogP contribution is -2.42. The summed E-state index contributed by atoms with van der Waals surface area (Å²) >= 11 is 0. The lowest BCUT2D eigenvalue weighted by Gasteiger charge is -2.38. The lowest BCUT2D eigenvalue weighted by molar-refractivity contribution is 0.106. The Morgan fingerprint density at radius 1 is 1.10 bits per heavy atom. The van der Waals surface area contributed by atoms with Crippen molar-refractivity contribution in [2.45, 2.75) is 57.7 Å². The highest BCUT2D eigenvalue weighted by Gasteiger charge is 2.28. The summed E-state index contributed by atoms with van der Waals surface area (Å²) in [4.78, 5) is 9.56. The van der Waals surface area contributed by atoms with Gasteiger partial charge in [-0.15, -0.1) is 0 Å². The summed E-state index contributed by atoms with van der Waals surface area (Å²) in [5, 5.41) is 9.81. The lowest BCUT2D eigenvalue weighted by atomic mass is 9.94. The molecule has 30 heavy (non-hydrogen) atoms. The molecule has 2 fully saturated rings.